The van der Waals surface area contributed by atoms with Gasteiger partial charge in [0.2, 0.25) is 0 Å². The van der Waals surface area contributed by atoms with E-state index in [1.165, 1.54) is 38.9 Å². The molecular formula is C13H29N3. The minimum Gasteiger partial charge on any atom is -0.314 e. The third-order valence-electron chi connectivity index (χ3n) is 3.45. The SMILES string of the molecule is CC1CCCN(CCNCCN(C)C)CC1. The van der Waals surface area contributed by atoms with E-state index in [0.29, 0.717) is 0 Å². The monoisotopic (exact) mass is 227 g/mol. The lowest BCUT2D eigenvalue weighted by Crippen LogP contribution is -2.35. The largest absolute Gasteiger partial charge is 0.314 e. The van der Waals surface area contributed by atoms with Gasteiger partial charge in [0.1, 0.15) is 0 Å². The Balaban J connectivity index is 1.99. The van der Waals surface area contributed by atoms with Crippen molar-refractivity contribution in [3.63, 3.8) is 0 Å². The molecule has 0 aromatic carbocycles. The summed E-state index contributed by atoms with van der Waals surface area (Å²) in [5.41, 5.74) is 0. The van der Waals surface area contributed by atoms with E-state index in [4.69, 9.17) is 0 Å². The molecule has 0 aliphatic carbocycles. The maximum Gasteiger partial charge on any atom is 0.0107 e. The quantitative estimate of drug-likeness (QED) is 0.689. The summed E-state index contributed by atoms with van der Waals surface area (Å²) >= 11 is 0. The molecule has 3 heteroatoms. The van der Waals surface area contributed by atoms with Crippen molar-refractivity contribution < 1.29 is 0 Å². The maximum atomic E-state index is 3.51. The van der Waals surface area contributed by atoms with Crippen LogP contribution in [0.3, 0.4) is 0 Å². The molecule has 1 rings (SSSR count). The van der Waals surface area contributed by atoms with Crippen molar-refractivity contribution in [3.05, 3.63) is 0 Å². The summed E-state index contributed by atoms with van der Waals surface area (Å²) in [5, 5.41) is 3.51. The van der Waals surface area contributed by atoms with Crippen LogP contribution in [0.5, 0.6) is 0 Å². The second-order valence-electron chi connectivity index (χ2n) is 5.43. The predicted octanol–water partition coefficient (Wildman–Crippen LogP) is 1.26. The van der Waals surface area contributed by atoms with Gasteiger partial charge in [-0.3, -0.25) is 0 Å². The second kappa shape index (κ2) is 8.04. The van der Waals surface area contributed by atoms with Crippen LogP contribution in [0.4, 0.5) is 0 Å². The fourth-order valence-electron chi connectivity index (χ4n) is 2.21. The molecule has 1 saturated heterocycles. The van der Waals surface area contributed by atoms with E-state index < -0.39 is 0 Å². The second-order valence-corrected chi connectivity index (χ2v) is 5.43. The molecule has 0 radical (unpaired) electrons. The molecule has 1 aliphatic heterocycles. The van der Waals surface area contributed by atoms with Crippen molar-refractivity contribution in [1.82, 2.24) is 15.1 Å². The number of nitrogens with one attached hydrogen (secondary N) is 1. The van der Waals surface area contributed by atoms with Gasteiger partial charge in [0.25, 0.3) is 0 Å². The summed E-state index contributed by atoms with van der Waals surface area (Å²) < 4.78 is 0. The highest BCUT2D eigenvalue weighted by Crippen LogP contribution is 2.15. The Morgan fingerprint density at radius 2 is 2.00 bits per heavy atom. The molecule has 16 heavy (non-hydrogen) atoms. The number of hydrogen-bond donors (Lipinski definition) is 1. The Morgan fingerprint density at radius 3 is 2.75 bits per heavy atom. The van der Waals surface area contributed by atoms with Gasteiger partial charge in [0.15, 0.2) is 0 Å². The van der Waals surface area contributed by atoms with Crippen molar-refractivity contribution in [2.24, 2.45) is 5.92 Å². The van der Waals surface area contributed by atoms with Crippen molar-refractivity contribution >= 4 is 0 Å². The third-order valence-corrected chi connectivity index (χ3v) is 3.45. The van der Waals surface area contributed by atoms with Crippen LogP contribution in [0, 0.1) is 5.92 Å². The van der Waals surface area contributed by atoms with Crippen molar-refractivity contribution in [1.29, 1.82) is 0 Å². The molecule has 0 saturated carbocycles. The Hall–Kier alpha value is -0.120. The molecule has 1 N–H and O–H groups in total. The predicted molar refractivity (Wildman–Crippen MR) is 70.9 cm³/mol. The zero-order valence-electron chi connectivity index (χ0n) is 11.3. The summed E-state index contributed by atoms with van der Waals surface area (Å²) in [6.07, 6.45) is 4.20. The van der Waals surface area contributed by atoms with Crippen molar-refractivity contribution in [2.75, 3.05) is 53.4 Å². The van der Waals surface area contributed by atoms with Gasteiger partial charge in [-0.2, -0.15) is 0 Å². The Labute approximate surface area is 101 Å². The molecule has 0 spiro atoms. The molecule has 0 bridgehead atoms. The molecule has 0 aromatic heterocycles. The van der Waals surface area contributed by atoms with Crippen LogP contribution >= 0.6 is 0 Å². The molecule has 1 atom stereocenters. The van der Waals surface area contributed by atoms with Gasteiger partial charge in [-0.15, -0.1) is 0 Å². The van der Waals surface area contributed by atoms with E-state index in [1.54, 1.807) is 0 Å². The summed E-state index contributed by atoms with van der Waals surface area (Å²) in [6, 6.07) is 0. The Bertz CT molecular complexity index is 171. The Morgan fingerprint density at radius 1 is 1.19 bits per heavy atom. The number of likely N-dealkylation sites (N-methyl/N-ethyl adjacent to an activating group) is 1. The average Bonchev–Trinajstić information content (AvgIpc) is 2.43. The van der Waals surface area contributed by atoms with Gasteiger partial charge in [-0.05, 0) is 52.4 Å². The molecule has 1 aliphatic rings. The highest BCUT2D eigenvalue weighted by Gasteiger charge is 2.12. The Kier molecular flexibility index (Phi) is 7.01. The number of likely N-dealkylation sites (tertiary alicyclic amines) is 1. The van der Waals surface area contributed by atoms with E-state index in [1.807, 2.05) is 0 Å². The molecular weight excluding hydrogens is 198 g/mol. The molecule has 1 fully saturated rings. The lowest BCUT2D eigenvalue weighted by atomic mass is 10.0. The van der Waals surface area contributed by atoms with Crippen LogP contribution in [-0.2, 0) is 0 Å². The summed E-state index contributed by atoms with van der Waals surface area (Å²) in [6.45, 7) is 9.60. The molecule has 1 heterocycles. The topological polar surface area (TPSA) is 18.5 Å². The highest BCUT2D eigenvalue weighted by atomic mass is 15.1. The van der Waals surface area contributed by atoms with E-state index in [-0.39, 0.29) is 0 Å². The minimum absolute atomic E-state index is 0.937. The summed E-state index contributed by atoms with van der Waals surface area (Å²) in [4.78, 5) is 4.84. The fraction of sp³-hybridized carbons (Fsp3) is 1.00. The fourth-order valence-corrected chi connectivity index (χ4v) is 2.21. The zero-order chi connectivity index (χ0) is 11.8. The standard InChI is InChI=1S/C13H29N3/c1-13-5-4-9-16(10-6-13)12-8-14-7-11-15(2)3/h13-14H,4-12H2,1-3H3. The third kappa shape index (κ3) is 6.46. The van der Waals surface area contributed by atoms with Gasteiger partial charge in [-0.25, -0.2) is 0 Å². The van der Waals surface area contributed by atoms with Crippen molar-refractivity contribution in [2.45, 2.75) is 26.2 Å². The highest BCUT2D eigenvalue weighted by molar-refractivity contribution is 4.68. The lowest BCUT2D eigenvalue weighted by molar-refractivity contribution is 0.278. The summed E-state index contributed by atoms with van der Waals surface area (Å²) in [5.74, 6) is 0.937. The van der Waals surface area contributed by atoms with E-state index in [9.17, 15) is 0 Å². The molecule has 0 amide bonds. The molecule has 96 valence electrons. The first-order chi connectivity index (χ1) is 7.68. The first-order valence-electron chi connectivity index (χ1n) is 6.76. The van der Waals surface area contributed by atoms with Crippen LogP contribution < -0.4 is 5.32 Å². The zero-order valence-corrected chi connectivity index (χ0v) is 11.3. The molecule has 3 nitrogen and oxygen atoms in total. The number of nitrogens with zero attached hydrogens (tertiary/aromatic N) is 2. The van der Waals surface area contributed by atoms with E-state index >= 15 is 0 Å². The number of hydrogen-bond acceptors (Lipinski definition) is 3. The molecule has 0 aromatic rings. The van der Waals surface area contributed by atoms with Gasteiger partial charge < -0.3 is 15.1 Å². The van der Waals surface area contributed by atoms with Gasteiger partial charge in [0, 0.05) is 26.2 Å². The van der Waals surface area contributed by atoms with Crippen LogP contribution in [0.2, 0.25) is 0 Å². The van der Waals surface area contributed by atoms with Crippen LogP contribution in [0.1, 0.15) is 26.2 Å². The normalized spacial score (nSPS) is 23.6. The van der Waals surface area contributed by atoms with E-state index in [0.717, 1.165) is 25.6 Å². The van der Waals surface area contributed by atoms with Crippen LogP contribution in [0.15, 0.2) is 0 Å². The number of rotatable bonds is 6. The maximum absolute atomic E-state index is 3.51. The van der Waals surface area contributed by atoms with Gasteiger partial charge in [-0.1, -0.05) is 6.92 Å². The van der Waals surface area contributed by atoms with Crippen LogP contribution in [0.25, 0.3) is 0 Å². The summed E-state index contributed by atoms with van der Waals surface area (Å²) in [7, 11) is 4.25. The smallest absolute Gasteiger partial charge is 0.0107 e. The molecule has 1 unspecified atom stereocenters. The minimum atomic E-state index is 0.937. The van der Waals surface area contributed by atoms with Gasteiger partial charge >= 0.3 is 0 Å². The van der Waals surface area contributed by atoms with Crippen molar-refractivity contribution in [3.8, 4) is 0 Å². The lowest BCUT2D eigenvalue weighted by Gasteiger charge is -2.20. The first kappa shape index (κ1) is 13.9. The first-order valence-corrected chi connectivity index (χ1v) is 6.76. The van der Waals surface area contributed by atoms with Gasteiger partial charge in [0.05, 0.1) is 0 Å². The van der Waals surface area contributed by atoms with Crippen LogP contribution in [-0.4, -0.2) is 63.2 Å². The average molecular weight is 227 g/mol. The van der Waals surface area contributed by atoms with E-state index in [2.05, 4.69) is 36.1 Å².